The lowest BCUT2D eigenvalue weighted by Gasteiger charge is -2.39. The third-order valence-electron chi connectivity index (χ3n) is 2.97. The normalized spacial score (nSPS) is 12.9. The molecule has 0 spiro atoms. The van der Waals surface area contributed by atoms with Crippen LogP contribution in [0.25, 0.3) is 0 Å². The van der Waals surface area contributed by atoms with Gasteiger partial charge in [0.1, 0.15) is 0 Å². The fraction of sp³-hybridized carbons (Fsp3) is 0.900. The first-order valence-corrected chi connectivity index (χ1v) is 4.73. The van der Waals surface area contributed by atoms with E-state index >= 15 is 0 Å². The van der Waals surface area contributed by atoms with Gasteiger partial charge < -0.3 is 15.2 Å². The number of methoxy groups -OCH3 is 1. The Bertz CT molecular complexity index is 200. The van der Waals surface area contributed by atoms with Crippen LogP contribution in [0.15, 0.2) is 0 Å². The lowest BCUT2D eigenvalue weighted by Crippen LogP contribution is -2.55. The van der Waals surface area contributed by atoms with Gasteiger partial charge in [-0.1, -0.05) is 0 Å². The van der Waals surface area contributed by atoms with Crippen molar-refractivity contribution in [3.05, 3.63) is 0 Å². The zero-order valence-corrected chi connectivity index (χ0v) is 9.68. The number of carbonyl (C=O) groups is 1. The number of aliphatic carboxylic acids is 1. The van der Waals surface area contributed by atoms with Crippen molar-refractivity contribution in [3.8, 4) is 0 Å². The molecule has 0 aromatic heterocycles. The van der Waals surface area contributed by atoms with Crippen LogP contribution >= 0.6 is 0 Å². The van der Waals surface area contributed by atoms with Crippen LogP contribution < -0.4 is 5.32 Å². The van der Waals surface area contributed by atoms with Gasteiger partial charge in [0.2, 0.25) is 0 Å². The van der Waals surface area contributed by atoms with Crippen LogP contribution in [-0.4, -0.2) is 36.9 Å². The maximum absolute atomic E-state index is 11.0. The van der Waals surface area contributed by atoms with E-state index in [0.717, 1.165) is 0 Å². The Labute approximate surface area is 85.6 Å². The van der Waals surface area contributed by atoms with E-state index in [2.05, 4.69) is 5.32 Å². The lowest BCUT2D eigenvalue weighted by atomic mass is 9.74. The monoisotopic (exact) mass is 203 g/mol. The number of carboxylic acids is 1. The molecule has 0 radical (unpaired) electrons. The summed E-state index contributed by atoms with van der Waals surface area (Å²) in [6.45, 7) is 8.44. The molecule has 0 aliphatic heterocycles. The first kappa shape index (κ1) is 13.4. The molecule has 0 aliphatic rings. The van der Waals surface area contributed by atoms with Crippen LogP contribution in [0.5, 0.6) is 0 Å². The number of hydrogen-bond acceptors (Lipinski definition) is 3. The maximum Gasteiger partial charge on any atom is 0.310 e. The van der Waals surface area contributed by atoms with Gasteiger partial charge in [-0.15, -0.1) is 0 Å². The zero-order chi connectivity index (χ0) is 11.4. The molecule has 0 unspecified atom stereocenters. The Morgan fingerprint density at radius 1 is 1.36 bits per heavy atom. The number of hydrogen-bond donors (Lipinski definition) is 2. The fourth-order valence-electron chi connectivity index (χ4n) is 0.954. The Balaban J connectivity index is 4.36. The first-order valence-electron chi connectivity index (χ1n) is 4.73. The zero-order valence-electron chi connectivity index (χ0n) is 9.68. The van der Waals surface area contributed by atoms with E-state index in [1.165, 1.54) is 0 Å². The van der Waals surface area contributed by atoms with Gasteiger partial charge in [-0.05, 0) is 27.7 Å². The number of nitrogens with one attached hydrogen (secondary N) is 1. The predicted octanol–water partition coefficient (Wildman–Crippen LogP) is 1.11. The molecule has 84 valence electrons. The van der Waals surface area contributed by atoms with E-state index in [0.29, 0.717) is 13.2 Å². The molecule has 0 aromatic rings. The van der Waals surface area contributed by atoms with Gasteiger partial charge in [0.25, 0.3) is 0 Å². The van der Waals surface area contributed by atoms with Gasteiger partial charge in [0, 0.05) is 19.2 Å². The summed E-state index contributed by atoms with van der Waals surface area (Å²) >= 11 is 0. The number of ether oxygens (including phenoxy) is 1. The van der Waals surface area contributed by atoms with Crippen LogP contribution in [0.4, 0.5) is 0 Å². The lowest BCUT2D eigenvalue weighted by molar-refractivity contribution is -0.151. The summed E-state index contributed by atoms with van der Waals surface area (Å²) in [7, 11) is 1.62. The van der Waals surface area contributed by atoms with Gasteiger partial charge in [-0.3, -0.25) is 4.79 Å². The highest BCUT2D eigenvalue weighted by Crippen LogP contribution is 2.30. The van der Waals surface area contributed by atoms with Crippen molar-refractivity contribution in [2.75, 3.05) is 20.3 Å². The Kier molecular flexibility index (Phi) is 4.55. The SMILES string of the molecule is COCCNC(C)(C)C(C)(C)C(=O)O. The maximum atomic E-state index is 11.0. The first-order chi connectivity index (χ1) is 6.25. The molecule has 2 N–H and O–H groups in total. The van der Waals surface area contributed by atoms with Crippen molar-refractivity contribution < 1.29 is 14.6 Å². The van der Waals surface area contributed by atoms with Gasteiger partial charge in [0.05, 0.1) is 12.0 Å². The number of rotatable bonds is 6. The standard InChI is InChI=1S/C10H21NO3/c1-9(2,8(12)13)10(3,4)11-6-7-14-5/h11H,6-7H2,1-5H3,(H,12,13). The van der Waals surface area contributed by atoms with E-state index in [9.17, 15) is 4.79 Å². The summed E-state index contributed by atoms with van der Waals surface area (Å²) in [5, 5.41) is 12.2. The molecule has 0 fully saturated rings. The molecular weight excluding hydrogens is 182 g/mol. The second kappa shape index (κ2) is 4.75. The summed E-state index contributed by atoms with van der Waals surface area (Å²) in [5.41, 5.74) is -1.27. The third kappa shape index (κ3) is 2.96. The van der Waals surface area contributed by atoms with Crippen LogP contribution in [-0.2, 0) is 9.53 Å². The van der Waals surface area contributed by atoms with E-state index in [4.69, 9.17) is 9.84 Å². The van der Waals surface area contributed by atoms with Gasteiger partial charge in [-0.25, -0.2) is 0 Å². The van der Waals surface area contributed by atoms with Crippen molar-refractivity contribution in [1.29, 1.82) is 0 Å². The third-order valence-corrected chi connectivity index (χ3v) is 2.97. The summed E-state index contributed by atoms with van der Waals surface area (Å²) in [6.07, 6.45) is 0. The van der Waals surface area contributed by atoms with Crippen molar-refractivity contribution >= 4 is 5.97 Å². The quantitative estimate of drug-likeness (QED) is 0.635. The highest BCUT2D eigenvalue weighted by Gasteiger charge is 2.42. The molecule has 0 rings (SSSR count). The van der Waals surface area contributed by atoms with Crippen LogP contribution in [0, 0.1) is 5.41 Å². The minimum atomic E-state index is -0.805. The van der Waals surface area contributed by atoms with Crippen LogP contribution in [0.1, 0.15) is 27.7 Å². The molecule has 0 saturated carbocycles. The molecular formula is C10H21NO3. The van der Waals surface area contributed by atoms with Crippen molar-refractivity contribution in [3.63, 3.8) is 0 Å². The average molecular weight is 203 g/mol. The smallest absolute Gasteiger partial charge is 0.310 e. The summed E-state index contributed by atoms with van der Waals surface area (Å²) < 4.78 is 4.90. The molecule has 14 heavy (non-hydrogen) atoms. The fourth-order valence-corrected chi connectivity index (χ4v) is 0.954. The predicted molar refractivity (Wildman–Crippen MR) is 55.4 cm³/mol. The largest absolute Gasteiger partial charge is 0.481 e. The summed E-state index contributed by atoms with van der Waals surface area (Å²) in [4.78, 5) is 11.0. The second-order valence-corrected chi connectivity index (χ2v) is 4.47. The van der Waals surface area contributed by atoms with E-state index in [-0.39, 0.29) is 0 Å². The van der Waals surface area contributed by atoms with Gasteiger partial charge >= 0.3 is 5.97 Å². The Morgan fingerprint density at radius 3 is 2.21 bits per heavy atom. The van der Waals surface area contributed by atoms with Gasteiger partial charge in [0.15, 0.2) is 0 Å². The van der Waals surface area contributed by atoms with Crippen LogP contribution in [0.2, 0.25) is 0 Å². The minimum Gasteiger partial charge on any atom is -0.481 e. The Hall–Kier alpha value is -0.610. The van der Waals surface area contributed by atoms with E-state index in [1.54, 1.807) is 21.0 Å². The summed E-state index contributed by atoms with van der Waals surface area (Å²) in [6, 6.07) is 0. The van der Waals surface area contributed by atoms with Crippen LogP contribution in [0.3, 0.4) is 0 Å². The molecule has 0 amide bonds. The molecule has 0 heterocycles. The molecule has 4 nitrogen and oxygen atoms in total. The summed E-state index contributed by atoms with van der Waals surface area (Å²) in [5.74, 6) is -0.799. The molecule has 0 bridgehead atoms. The number of carboxylic acid groups (broad SMARTS) is 1. The van der Waals surface area contributed by atoms with E-state index in [1.807, 2.05) is 13.8 Å². The molecule has 4 heteroatoms. The highest BCUT2D eigenvalue weighted by atomic mass is 16.5. The molecule has 0 atom stereocenters. The van der Waals surface area contributed by atoms with Crippen molar-refractivity contribution in [1.82, 2.24) is 5.32 Å². The molecule has 0 aromatic carbocycles. The van der Waals surface area contributed by atoms with Crippen molar-refractivity contribution in [2.24, 2.45) is 5.41 Å². The topological polar surface area (TPSA) is 58.6 Å². The average Bonchev–Trinajstić information content (AvgIpc) is 2.04. The van der Waals surface area contributed by atoms with Gasteiger partial charge in [-0.2, -0.15) is 0 Å². The molecule has 0 saturated heterocycles. The van der Waals surface area contributed by atoms with E-state index < -0.39 is 16.9 Å². The van der Waals surface area contributed by atoms with Crippen molar-refractivity contribution in [2.45, 2.75) is 33.2 Å². The second-order valence-electron chi connectivity index (χ2n) is 4.47. The molecule has 0 aliphatic carbocycles. The Morgan fingerprint density at radius 2 is 1.86 bits per heavy atom. The minimum absolute atomic E-state index is 0.461. The highest BCUT2D eigenvalue weighted by molar-refractivity contribution is 5.75.